The predicted octanol–water partition coefficient (Wildman–Crippen LogP) is 4.88. The van der Waals surface area contributed by atoms with Crippen molar-refractivity contribution >= 4 is 39.3 Å². The second-order valence-electron chi connectivity index (χ2n) is 9.40. The third kappa shape index (κ3) is 4.56. The third-order valence-electron chi connectivity index (χ3n) is 6.68. The third-order valence-corrected chi connectivity index (χ3v) is 7.51. The summed E-state index contributed by atoms with van der Waals surface area (Å²) in [6.07, 6.45) is 7.35. The number of pyridine rings is 1. The van der Waals surface area contributed by atoms with E-state index in [0.717, 1.165) is 48.2 Å². The molecular weight excluding hydrogens is 476 g/mol. The molecule has 1 aliphatic heterocycles. The van der Waals surface area contributed by atoms with Crippen molar-refractivity contribution in [2.45, 2.75) is 38.5 Å². The molecule has 1 unspecified atom stereocenters. The van der Waals surface area contributed by atoms with Gasteiger partial charge in [0, 0.05) is 47.8 Å². The molecule has 9 nitrogen and oxygen atoms in total. The summed E-state index contributed by atoms with van der Waals surface area (Å²) in [5, 5.41) is 11.9. The molecule has 4 aromatic rings. The highest BCUT2D eigenvalue weighted by Gasteiger charge is 2.36. The largest absolute Gasteiger partial charge is 0.456 e. The smallest absolute Gasteiger partial charge is 0.257 e. The number of carbonyl (C=O) groups excluding carboxylic acids is 2. The predicted molar refractivity (Wildman–Crippen MR) is 136 cm³/mol. The van der Waals surface area contributed by atoms with Crippen molar-refractivity contribution in [2.24, 2.45) is 5.92 Å². The van der Waals surface area contributed by atoms with Crippen molar-refractivity contribution in [3.8, 4) is 11.5 Å². The number of H-pyrrole nitrogens is 1. The number of aromatic amines is 1. The van der Waals surface area contributed by atoms with Gasteiger partial charge < -0.3 is 9.64 Å². The zero-order valence-electron chi connectivity index (χ0n) is 19.9. The number of aromatic nitrogens is 4. The number of nitrogens with zero attached hydrogens (tertiary/aromatic N) is 4. The Hall–Kier alpha value is -3.79. The summed E-state index contributed by atoms with van der Waals surface area (Å²) in [5.74, 6) is 1.65. The van der Waals surface area contributed by atoms with Crippen LogP contribution in [-0.2, 0) is 4.79 Å². The number of piperidine rings is 1. The molecule has 3 aromatic heterocycles. The minimum absolute atomic E-state index is 0.127. The molecule has 0 radical (unpaired) electrons. The van der Waals surface area contributed by atoms with E-state index in [1.807, 2.05) is 17.9 Å². The Balaban J connectivity index is 1.21. The molecule has 2 fully saturated rings. The summed E-state index contributed by atoms with van der Waals surface area (Å²) in [4.78, 5) is 36.8. The maximum atomic E-state index is 12.7. The van der Waals surface area contributed by atoms with Crippen LogP contribution < -0.4 is 10.1 Å². The lowest BCUT2D eigenvalue weighted by molar-refractivity contribution is -0.133. The second kappa shape index (κ2) is 9.34. The summed E-state index contributed by atoms with van der Waals surface area (Å²) < 4.78 is 6.24. The number of amides is 2. The Morgan fingerprint density at radius 3 is 2.72 bits per heavy atom. The van der Waals surface area contributed by atoms with E-state index in [9.17, 15) is 9.59 Å². The van der Waals surface area contributed by atoms with E-state index >= 15 is 0 Å². The first kappa shape index (κ1) is 22.7. The van der Waals surface area contributed by atoms with E-state index in [4.69, 9.17) is 4.74 Å². The molecule has 2 amide bonds. The number of fused-ring (bicyclic) bond motifs is 1. The van der Waals surface area contributed by atoms with Gasteiger partial charge in [-0.3, -0.25) is 20.0 Å². The molecule has 2 aliphatic rings. The van der Waals surface area contributed by atoms with Crippen LogP contribution in [0.4, 0.5) is 5.13 Å². The van der Waals surface area contributed by atoms with E-state index in [1.54, 1.807) is 36.7 Å². The number of hydrogen-bond acceptors (Lipinski definition) is 7. The Kier molecular flexibility index (Phi) is 5.88. The molecule has 0 spiro atoms. The first-order chi connectivity index (χ1) is 17.5. The highest BCUT2D eigenvalue weighted by Crippen LogP contribution is 2.38. The summed E-state index contributed by atoms with van der Waals surface area (Å²) >= 11 is 1.43. The molecule has 6 rings (SSSR count). The molecule has 1 atom stereocenters. The number of benzene rings is 1. The number of aryl methyl sites for hydroxylation is 1. The lowest BCUT2D eigenvalue weighted by Gasteiger charge is -2.32. The molecule has 2 N–H and O–H groups in total. The molecule has 0 bridgehead atoms. The first-order valence-electron chi connectivity index (χ1n) is 12.2. The fourth-order valence-corrected chi connectivity index (χ4v) is 5.36. The van der Waals surface area contributed by atoms with E-state index in [1.165, 1.54) is 11.3 Å². The minimum atomic E-state index is -0.220. The van der Waals surface area contributed by atoms with Crippen molar-refractivity contribution < 1.29 is 14.3 Å². The zero-order valence-corrected chi connectivity index (χ0v) is 20.7. The monoisotopic (exact) mass is 502 g/mol. The minimum Gasteiger partial charge on any atom is -0.456 e. The molecule has 36 heavy (non-hydrogen) atoms. The van der Waals surface area contributed by atoms with Crippen LogP contribution in [0.1, 0.15) is 52.5 Å². The van der Waals surface area contributed by atoms with Crippen LogP contribution in [-0.4, -0.2) is 50.0 Å². The average Bonchev–Trinajstić information content (AvgIpc) is 3.53. The lowest BCUT2D eigenvalue weighted by atomic mass is 9.92. The van der Waals surface area contributed by atoms with Crippen LogP contribution in [0.25, 0.3) is 11.0 Å². The lowest BCUT2D eigenvalue weighted by Crippen LogP contribution is -2.40. The van der Waals surface area contributed by atoms with Gasteiger partial charge in [0.05, 0.1) is 11.1 Å². The Morgan fingerprint density at radius 1 is 1.14 bits per heavy atom. The number of ether oxygens (including phenoxy) is 1. The van der Waals surface area contributed by atoms with E-state index in [2.05, 4.69) is 25.5 Å². The number of rotatable bonds is 6. The van der Waals surface area contributed by atoms with Crippen molar-refractivity contribution in [1.29, 1.82) is 0 Å². The molecule has 184 valence electrons. The first-order valence-corrected chi connectivity index (χ1v) is 13.0. The van der Waals surface area contributed by atoms with Crippen LogP contribution >= 0.6 is 11.3 Å². The molecule has 4 heterocycles. The number of likely N-dealkylation sites (tertiary alicyclic amines) is 1. The van der Waals surface area contributed by atoms with E-state index in [0.29, 0.717) is 34.4 Å². The SMILES string of the molecule is Cc1cnc(NC(=O)c2ccc(Oc3ccnc4[nH]nc(C5CCCN(C(=O)C6CC6)C5)c34)cc2)s1. The molecule has 10 heteroatoms. The standard InChI is InChI=1S/C26H26N6O3S/c1-15-13-28-26(36-15)29-24(33)16-6-8-19(9-7-16)35-20-10-11-27-23-21(20)22(30-31-23)18-3-2-12-32(14-18)25(34)17-4-5-17/h6-11,13,17-18H,2-5,12,14H2,1H3,(H,27,30,31)(H,28,29,33). The maximum Gasteiger partial charge on any atom is 0.257 e. The van der Waals surface area contributed by atoms with Gasteiger partial charge in [-0.05, 0) is 62.9 Å². The van der Waals surface area contributed by atoms with Crippen molar-refractivity contribution in [2.75, 3.05) is 18.4 Å². The summed E-state index contributed by atoms with van der Waals surface area (Å²) in [7, 11) is 0. The normalized spacial score (nSPS) is 17.8. The second-order valence-corrected chi connectivity index (χ2v) is 10.6. The highest BCUT2D eigenvalue weighted by molar-refractivity contribution is 7.15. The van der Waals surface area contributed by atoms with Gasteiger partial charge in [-0.2, -0.15) is 5.10 Å². The van der Waals surface area contributed by atoms with Gasteiger partial charge in [0.2, 0.25) is 5.91 Å². The van der Waals surface area contributed by atoms with Gasteiger partial charge in [0.25, 0.3) is 5.91 Å². The van der Waals surface area contributed by atoms with Crippen LogP contribution in [0, 0.1) is 12.8 Å². The van der Waals surface area contributed by atoms with Gasteiger partial charge in [-0.1, -0.05) is 0 Å². The number of hydrogen-bond donors (Lipinski definition) is 2. The summed E-state index contributed by atoms with van der Waals surface area (Å²) in [5.41, 5.74) is 2.06. The number of thiazole rings is 1. The molecule has 1 saturated carbocycles. The van der Waals surface area contributed by atoms with Crippen molar-refractivity contribution in [1.82, 2.24) is 25.1 Å². The highest BCUT2D eigenvalue weighted by atomic mass is 32.1. The van der Waals surface area contributed by atoms with Gasteiger partial charge in [-0.15, -0.1) is 11.3 Å². The molecular formula is C26H26N6O3S. The molecule has 1 aromatic carbocycles. The fourth-order valence-electron chi connectivity index (χ4n) is 4.70. The zero-order chi connectivity index (χ0) is 24.6. The Bertz CT molecular complexity index is 1430. The fraction of sp³-hybridized carbons (Fsp3) is 0.346. The summed E-state index contributed by atoms with van der Waals surface area (Å²) in [6, 6.07) is 8.81. The van der Waals surface area contributed by atoms with Gasteiger partial charge in [0.1, 0.15) is 11.5 Å². The van der Waals surface area contributed by atoms with Crippen LogP contribution in [0.2, 0.25) is 0 Å². The van der Waals surface area contributed by atoms with E-state index in [-0.39, 0.29) is 23.7 Å². The maximum absolute atomic E-state index is 12.7. The Morgan fingerprint density at radius 2 is 1.97 bits per heavy atom. The van der Waals surface area contributed by atoms with Crippen molar-refractivity contribution in [3.63, 3.8) is 0 Å². The number of carbonyl (C=O) groups is 2. The molecule has 1 saturated heterocycles. The van der Waals surface area contributed by atoms with Gasteiger partial charge in [0.15, 0.2) is 10.8 Å². The van der Waals surface area contributed by atoms with Gasteiger partial charge >= 0.3 is 0 Å². The van der Waals surface area contributed by atoms with Crippen molar-refractivity contribution in [3.05, 3.63) is 58.9 Å². The topological polar surface area (TPSA) is 113 Å². The number of anilines is 1. The summed E-state index contributed by atoms with van der Waals surface area (Å²) in [6.45, 7) is 3.43. The number of nitrogens with one attached hydrogen (secondary N) is 2. The quantitative estimate of drug-likeness (QED) is 0.388. The van der Waals surface area contributed by atoms with Crippen LogP contribution in [0.15, 0.2) is 42.7 Å². The molecule has 1 aliphatic carbocycles. The van der Waals surface area contributed by atoms with Gasteiger partial charge in [-0.25, -0.2) is 9.97 Å². The van der Waals surface area contributed by atoms with E-state index < -0.39 is 0 Å². The Labute approximate surface area is 211 Å². The van der Waals surface area contributed by atoms with Crippen LogP contribution in [0.5, 0.6) is 11.5 Å². The van der Waals surface area contributed by atoms with Crippen LogP contribution in [0.3, 0.4) is 0 Å². The average molecular weight is 503 g/mol.